The lowest BCUT2D eigenvalue weighted by atomic mass is 10.1. The molecule has 1 fully saturated rings. The average molecular weight is 268 g/mol. The van der Waals surface area contributed by atoms with Crippen LogP contribution in [-0.2, 0) is 17.8 Å². The maximum Gasteiger partial charge on any atom is 0.123 e. The third kappa shape index (κ3) is 3.73. The summed E-state index contributed by atoms with van der Waals surface area (Å²) in [4.78, 5) is 2.17. The second-order valence-corrected chi connectivity index (χ2v) is 5.06. The van der Waals surface area contributed by atoms with Crippen molar-refractivity contribution in [3.05, 3.63) is 35.1 Å². The maximum absolute atomic E-state index is 13.3. The molecule has 19 heavy (non-hydrogen) atoms. The lowest BCUT2D eigenvalue weighted by Crippen LogP contribution is -2.47. The van der Waals surface area contributed by atoms with E-state index in [9.17, 15) is 9.50 Å². The monoisotopic (exact) mass is 268 g/mol. The molecule has 1 heterocycles. The molecular weight excluding hydrogens is 247 g/mol. The van der Waals surface area contributed by atoms with Gasteiger partial charge in [-0.1, -0.05) is 6.07 Å². The van der Waals surface area contributed by atoms with Crippen molar-refractivity contribution in [2.24, 2.45) is 5.73 Å². The molecule has 0 aromatic heterocycles. The van der Waals surface area contributed by atoms with Crippen molar-refractivity contribution in [2.75, 3.05) is 19.7 Å². The smallest absolute Gasteiger partial charge is 0.123 e. The lowest BCUT2D eigenvalue weighted by Gasteiger charge is -2.36. The van der Waals surface area contributed by atoms with Crippen LogP contribution in [0.15, 0.2) is 18.2 Å². The van der Waals surface area contributed by atoms with Gasteiger partial charge in [-0.25, -0.2) is 4.39 Å². The van der Waals surface area contributed by atoms with Crippen LogP contribution in [0.5, 0.6) is 0 Å². The van der Waals surface area contributed by atoms with Gasteiger partial charge < -0.3 is 15.6 Å². The van der Waals surface area contributed by atoms with E-state index < -0.39 is 0 Å². The van der Waals surface area contributed by atoms with Crippen LogP contribution in [0, 0.1) is 5.82 Å². The number of aliphatic hydroxyl groups is 1. The van der Waals surface area contributed by atoms with Gasteiger partial charge in [0.1, 0.15) is 5.82 Å². The van der Waals surface area contributed by atoms with Crippen molar-refractivity contribution in [3.8, 4) is 0 Å². The molecule has 1 aromatic carbocycles. The predicted octanol–water partition coefficient (Wildman–Crippen LogP) is 0.866. The third-order valence-corrected chi connectivity index (χ3v) is 3.39. The number of nitrogens with two attached hydrogens (primary N) is 1. The number of nitrogens with zero attached hydrogens (tertiary/aromatic N) is 1. The van der Waals surface area contributed by atoms with Crippen LogP contribution in [0.3, 0.4) is 0 Å². The van der Waals surface area contributed by atoms with Crippen LogP contribution < -0.4 is 5.73 Å². The Morgan fingerprint density at radius 3 is 2.89 bits per heavy atom. The Labute approximate surface area is 113 Å². The fourth-order valence-electron chi connectivity index (χ4n) is 2.55. The van der Waals surface area contributed by atoms with Gasteiger partial charge in [0.15, 0.2) is 0 Å². The number of hydrogen-bond donors (Lipinski definition) is 2. The summed E-state index contributed by atoms with van der Waals surface area (Å²) in [7, 11) is 0. The maximum atomic E-state index is 13.3. The summed E-state index contributed by atoms with van der Waals surface area (Å²) < 4.78 is 18.9. The molecule has 1 aromatic rings. The summed E-state index contributed by atoms with van der Waals surface area (Å²) in [6.07, 6.45) is -0.0978. The predicted molar refractivity (Wildman–Crippen MR) is 71.0 cm³/mol. The number of morpholine rings is 1. The fraction of sp³-hybridized carbons (Fsp3) is 0.571. The molecule has 0 bridgehead atoms. The molecule has 2 rings (SSSR count). The Morgan fingerprint density at radius 2 is 2.21 bits per heavy atom. The van der Waals surface area contributed by atoms with E-state index in [1.807, 2.05) is 6.92 Å². The van der Waals surface area contributed by atoms with Crippen molar-refractivity contribution >= 4 is 0 Å². The zero-order valence-corrected chi connectivity index (χ0v) is 11.2. The largest absolute Gasteiger partial charge is 0.394 e. The minimum absolute atomic E-state index is 0.00768. The van der Waals surface area contributed by atoms with Crippen LogP contribution in [0.2, 0.25) is 0 Å². The molecule has 1 aliphatic rings. The zero-order chi connectivity index (χ0) is 13.8. The van der Waals surface area contributed by atoms with Crippen LogP contribution in [0.4, 0.5) is 4.39 Å². The Hall–Kier alpha value is -1.01. The molecule has 0 radical (unpaired) electrons. The lowest BCUT2D eigenvalue weighted by molar-refractivity contribution is -0.0973. The zero-order valence-electron chi connectivity index (χ0n) is 11.2. The Bertz CT molecular complexity index is 428. The van der Waals surface area contributed by atoms with Gasteiger partial charge in [-0.05, 0) is 30.2 Å². The molecule has 0 aliphatic carbocycles. The van der Waals surface area contributed by atoms with Gasteiger partial charge in [0.2, 0.25) is 0 Å². The van der Waals surface area contributed by atoms with Crippen molar-refractivity contribution in [1.29, 1.82) is 0 Å². The van der Waals surface area contributed by atoms with Gasteiger partial charge in [0, 0.05) is 26.2 Å². The molecular formula is C14H21FN2O2. The first-order valence-electron chi connectivity index (χ1n) is 6.58. The normalized spacial score (nSPS) is 24.6. The van der Waals surface area contributed by atoms with E-state index in [1.54, 1.807) is 6.07 Å². The standard InChI is InChI=1S/C14H21FN2O2/c1-10-6-17(8-14(9-18)19-10)7-12-4-13(15)3-2-11(12)5-16/h2-4,10,14,18H,5-9,16H2,1H3. The van der Waals surface area contributed by atoms with Crippen molar-refractivity contribution in [3.63, 3.8) is 0 Å². The summed E-state index contributed by atoms with van der Waals surface area (Å²) in [5.41, 5.74) is 7.55. The van der Waals surface area contributed by atoms with E-state index in [1.165, 1.54) is 12.1 Å². The van der Waals surface area contributed by atoms with E-state index in [-0.39, 0.29) is 24.6 Å². The highest BCUT2D eigenvalue weighted by molar-refractivity contribution is 5.27. The highest BCUT2D eigenvalue weighted by Gasteiger charge is 2.25. The fourth-order valence-corrected chi connectivity index (χ4v) is 2.55. The van der Waals surface area contributed by atoms with Gasteiger partial charge >= 0.3 is 0 Å². The topological polar surface area (TPSA) is 58.7 Å². The summed E-state index contributed by atoms with van der Waals surface area (Å²) >= 11 is 0. The van der Waals surface area contributed by atoms with Crippen LogP contribution in [-0.4, -0.2) is 41.9 Å². The van der Waals surface area contributed by atoms with E-state index in [2.05, 4.69) is 4.90 Å². The molecule has 0 amide bonds. The first-order valence-corrected chi connectivity index (χ1v) is 6.58. The molecule has 2 unspecified atom stereocenters. The van der Waals surface area contributed by atoms with E-state index in [4.69, 9.17) is 10.5 Å². The molecule has 1 aliphatic heterocycles. The molecule has 0 spiro atoms. The van der Waals surface area contributed by atoms with Crippen LogP contribution in [0.25, 0.3) is 0 Å². The summed E-state index contributed by atoms with van der Waals surface area (Å²) in [5, 5.41) is 9.21. The minimum atomic E-state index is -0.243. The summed E-state index contributed by atoms with van der Waals surface area (Å²) in [6, 6.07) is 4.71. The Balaban J connectivity index is 2.09. The van der Waals surface area contributed by atoms with Gasteiger partial charge in [-0.2, -0.15) is 0 Å². The number of halogens is 1. The van der Waals surface area contributed by atoms with Crippen molar-refractivity contribution in [2.45, 2.75) is 32.2 Å². The summed E-state index contributed by atoms with van der Waals surface area (Å²) in [5.74, 6) is -0.243. The van der Waals surface area contributed by atoms with E-state index in [0.717, 1.165) is 17.7 Å². The van der Waals surface area contributed by atoms with Crippen molar-refractivity contribution < 1.29 is 14.2 Å². The van der Waals surface area contributed by atoms with Gasteiger partial charge in [0.25, 0.3) is 0 Å². The SMILES string of the molecule is CC1CN(Cc2cc(F)ccc2CN)CC(CO)O1. The van der Waals surface area contributed by atoms with Gasteiger partial charge in [0.05, 0.1) is 18.8 Å². The number of ether oxygens (including phenoxy) is 1. The molecule has 1 saturated heterocycles. The molecule has 4 nitrogen and oxygen atoms in total. The van der Waals surface area contributed by atoms with E-state index >= 15 is 0 Å². The number of benzene rings is 1. The second-order valence-electron chi connectivity index (χ2n) is 5.06. The first kappa shape index (κ1) is 14.4. The van der Waals surface area contributed by atoms with Crippen molar-refractivity contribution in [1.82, 2.24) is 4.90 Å². The molecule has 106 valence electrons. The number of aliphatic hydroxyl groups excluding tert-OH is 1. The Morgan fingerprint density at radius 1 is 1.42 bits per heavy atom. The molecule has 3 N–H and O–H groups in total. The molecule has 0 saturated carbocycles. The number of rotatable bonds is 4. The average Bonchev–Trinajstić information content (AvgIpc) is 2.38. The van der Waals surface area contributed by atoms with Gasteiger partial charge in [-0.15, -0.1) is 0 Å². The molecule has 2 atom stereocenters. The second kappa shape index (κ2) is 6.43. The quantitative estimate of drug-likeness (QED) is 0.850. The number of hydrogen-bond acceptors (Lipinski definition) is 4. The minimum Gasteiger partial charge on any atom is -0.394 e. The Kier molecular flexibility index (Phi) is 4.87. The summed E-state index contributed by atoms with van der Waals surface area (Å²) in [6.45, 7) is 4.45. The first-order chi connectivity index (χ1) is 9.12. The highest BCUT2D eigenvalue weighted by atomic mass is 19.1. The highest BCUT2D eigenvalue weighted by Crippen LogP contribution is 2.17. The molecule has 5 heteroatoms. The third-order valence-electron chi connectivity index (χ3n) is 3.39. The van der Waals surface area contributed by atoms with Gasteiger partial charge in [-0.3, -0.25) is 4.90 Å². The van der Waals surface area contributed by atoms with Crippen LogP contribution >= 0.6 is 0 Å². The van der Waals surface area contributed by atoms with Crippen LogP contribution in [0.1, 0.15) is 18.1 Å². The van der Waals surface area contributed by atoms with E-state index in [0.29, 0.717) is 19.6 Å².